The Morgan fingerprint density at radius 3 is 2.88 bits per heavy atom. The molecule has 0 aromatic heterocycles. The predicted octanol–water partition coefficient (Wildman–Crippen LogP) is 3.48. The Balaban J connectivity index is 2.28. The topological polar surface area (TPSA) is 29.5 Å². The second-order valence-electron chi connectivity index (χ2n) is 5.56. The molecule has 0 bridgehead atoms. The zero-order chi connectivity index (χ0) is 12.5. The van der Waals surface area contributed by atoms with Gasteiger partial charge in [0.25, 0.3) is 0 Å². The molecule has 1 unspecified atom stereocenters. The highest BCUT2D eigenvalue weighted by Crippen LogP contribution is 2.38. The lowest BCUT2D eigenvalue weighted by atomic mass is 9.80. The molecule has 0 spiro atoms. The van der Waals surface area contributed by atoms with Crippen LogP contribution in [0.15, 0.2) is 18.2 Å². The van der Waals surface area contributed by atoms with Gasteiger partial charge in [0, 0.05) is 0 Å². The van der Waals surface area contributed by atoms with Crippen LogP contribution in [0.2, 0.25) is 0 Å². The molecule has 2 heteroatoms. The second kappa shape index (κ2) is 4.69. The summed E-state index contributed by atoms with van der Waals surface area (Å²) in [7, 11) is 0. The van der Waals surface area contributed by atoms with Gasteiger partial charge in [0.05, 0.1) is 12.7 Å². The van der Waals surface area contributed by atoms with Gasteiger partial charge in [-0.05, 0) is 47.9 Å². The Bertz CT molecular complexity index is 396. The van der Waals surface area contributed by atoms with Gasteiger partial charge in [0.15, 0.2) is 0 Å². The molecule has 1 aromatic rings. The second-order valence-corrected chi connectivity index (χ2v) is 5.56. The van der Waals surface area contributed by atoms with E-state index in [0.29, 0.717) is 0 Å². The summed E-state index contributed by atoms with van der Waals surface area (Å²) in [5, 5.41) is 10.4. The van der Waals surface area contributed by atoms with Gasteiger partial charge in [-0.15, -0.1) is 0 Å². The van der Waals surface area contributed by atoms with Gasteiger partial charge in [-0.2, -0.15) is 0 Å². The first-order valence-electron chi connectivity index (χ1n) is 6.48. The minimum Gasteiger partial charge on any atom is -0.493 e. The maximum Gasteiger partial charge on any atom is 0.122 e. The van der Waals surface area contributed by atoms with Crippen LogP contribution in [-0.4, -0.2) is 11.7 Å². The van der Waals surface area contributed by atoms with Crippen LogP contribution < -0.4 is 4.74 Å². The zero-order valence-corrected chi connectivity index (χ0v) is 11.0. The largest absolute Gasteiger partial charge is 0.493 e. The molecule has 2 nitrogen and oxygen atoms in total. The first-order valence-corrected chi connectivity index (χ1v) is 6.48. The fraction of sp³-hybridized carbons (Fsp3) is 0.600. The van der Waals surface area contributed by atoms with Gasteiger partial charge in [0.2, 0.25) is 0 Å². The molecule has 0 saturated carbocycles. The molecular weight excluding hydrogens is 212 g/mol. The van der Waals surface area contributed by atoms with E-state index < -0.39 is 6.10 Å². The lowest BCUT2D eigenvalue weighted by Crippen LogP contribution is -2.21. The Morgan fingerprint density at radius 2 is 2.18 bits per heavy atom. The van der Waals surface area contributed by atoms with E-state index in [-0.39, 0.29) is 5.41 Å². The Morgan fingerprint density at radius 1 is 1.41 bits per heavy atom. The lowest BCUT2D eigenvalue weighted by molar-refractivity contribution is 0.0464. The average Bonchev–Trinajstić information content (AvgIpc) is 2.37. The van der Waals surface area contributed by atoms with Crippen LogP contribution in [0.5, 0.6) is 5.75 Å². The summed E-state index contributed by atoms with van der Waals surface area (Å²) in [5.74, 6) is 0.988. The smallest absolute Gasteiger partial charge is 0.122 e. The minimum atomic E-state index is -0.403. The number of hydrogen-bond donors (Lipinski definition) is 1. The molecule has 0 amide bonds. The van der Waals surface area contributed by atoms with Crippen molar-refractivity contribution >= 4 is 0 Å². The van der Waals surface area contributed by atoms with Crippen LogP contribution in [0, 0.1) is 5.41 Å². The number of aliphatic hydroxyl groups excluding tert-OH is 1. The van der Waals surface area contributed by atoms with Crippen LogP contribution in [0.1, 0.15) is 50.8 Å². The van der Waals surface area contributed by atoms with E-state index in [1.807, 2.05) is 12.1 Å². The maximum absolute atomic E-state index is 10.4. The Hall–Kier alpha value is -1.02. The fourth-order valence-electron chi connectivity index (χ4n) is 2.19. The summed E-state index contributed by atoms with van der Waals surface area (Å²) < 4.78 is 5.59. The van der Waals surface area contributed by atoms with E-state index in [0.717, 1.165) is 37.2 Å². The van der Waals surface area contributed by atoms with Gasteiger partial charge < -0.3 is 9.84 Å². The standard InChI is InChI=1S/C15H22O2/c1-4-15(2,3)14(16)12-7-8-13-11(10-12)6-5-9-17-13/h7-8,10,14,16H,4-6,9H2,1-3H3. The van der Waals surface area contributed by atoms with Crippen molar-refractivity contribution in [2.75, 3.05) is 6.61 Å². The molecule has 1 aliphatic heterocycles. The van der Waals surface area contributed by atoms with Crippen molar-refractivity contribution < 1.29 is 9.84 Å². The predicted molar refractivity (Wildman–Crippen MR) is 69.3 cm³/mol. The molecule has 2 rings (SSSR count). The molecule has 0 fully saturated rings. The van der Waals surface area contributed by atoms with E-state index in [2.05, 4.69) is 26.8 Å². The molecule has 0 radical (unpaired) electrons. The molecule has 1 heterocycles. The van der Waals surface area contributed by atoms with Crippen molar-refractivity contribution in [1.82, 2.24) is 0 Å². The molecule has 0 saturated heterocycles. The number of rotatable bonds is 3. The number of benzene rings is 1. The zero-order valence-electron chi connectivity index (χ0n) is 11.0. The summed E-state index contributed by atoms with van der Waals surface area (Å²) in [5.41, 5.74) is 2.17. The summed E-state index contributed by atoms with van der Waals surface area (Å²) in [6, 6.07) is 6.10. The number of aliphatic hydroxyl groups is 1. The van der Waals surface area contributed by atoms with Crippen molar-refractivity contribution in [3.63, 3.8) is 0 Å². The van der Waals surface area contributed by atoms with Gasteiger partial charge >= 0.3 is 0 Å². The van der Waals surface area contributed by atoms with Crippen molar-refractivity contribution in [2.24, 2.45) is 5.41 Å². The van der Waals surface area contributed by atoms with Crippen LogP contribution >= 0.6 is 0 Å². The molecule has 1 N–H and O–H groups in total. The number of aryl methyl sites for hydroxylation is 1. The third-order valence-electron chi connectivity index (χ3n) is 3.90. The summed E-state index contributed by atoms with van der Waals surface area (Å²) in [6.07, 6.45) is 2.69. The number of fused-ring (bicyclic) bond motifs is 1. The van der Waals surface area contributed by atoms with Crippen LogP contribution in [0.4, 0.5) is 0 Å². The third kappa shape index (κ3) is 2.47. The van der Waals surface area contributed by atoms with Crippen LogP contribution in [0.25, 0.3) is 0 Å². The molecule has 1 atom stereocenters. The van der Waals surface area contributed by atoms with E-state index >= 15 is 0 Å². The SMILES string of the molecule is CCC(C)(C)C(O)c1ccc2c(c1)CCCO2. The Labute approximate surface area is 104 Å². The number of hydrogen-bond acceptors (Lipinski definition) is 2. The van der Waals surface area contributed by atoms with Crippen molar-refractivity contribution in [1.29, 1.82) is 0 Å². The first kappa shape index (κ1) is 12.4. The van der Waals surface area contributed by atoms with E-state index in [9.17, 15) is 5.11 Å². The highest BCUT2D eigenvalue weighted by Gasteiger charge is 2.27. The minimum absolute atomic E-state index is 0.0796. The summed E-state index contributed by atoms with van der Waals surface area (Å²) in [6.45, 7) is 7.14. The quantitative estimate of drug-likeness (QED) is 0.867. The van der Waals surface area contributed by atoms with E-state index in [1.165, 1.54) is 5.56 Å². The lowest BCUT2D eigenvalue weighted by Gasteiger charge is -2.30. The third-order valence-corrected chi connectivity index (χ3v) is 3.90. The van der Waals surface area contributed by atoms with Gasteiger partial charge in [-0.25, -0.2) is 0 Å². The molecule has 0 aliphatic carbocycles. The van der Waals surface area contributed by atoms with E-state index in [1.54, 1.807) is 0 Å². The van der Waals surface area contributed by atoms with Gasteiger partial charge in [-0.1, -0.05) is 26.8 Å². The number of ether oxygens (including phenoxy) is 1. The Kier molecular flexibility index (Phi) is 3.43. The van der Waals surface area contributed by atoms with Gasteiger partial charge in [0.1, 0.15) is 5.75 Å². The normalized spacial score (nSPS) is 17.2. The molecule has 94 valence electrons. The van der Waals surface area contributed by atoms with Crippen molar-refractivity contribution in [2.45, 2.75) is 46.1 Å². The maximum atomic E-state index is 10.4. The van der Waals surface area contributed by atoms with Crippen LogP contribution in [0.3, 0.4) is 0 Å². The monoisotopic (exact) mass is 234 g/mol. The molecule has 1 aliphatic rings. The van der Waals surface area contributed by atoms with Crippen molar-refractivity contribution in [3.05, 3.63) is 29.3 Å². The van der Waals surface area contributed by atoms with Gasteiger partial charge in [-0.3, -0.25) is 0 Å². The first-order chi connectivity index (χ1) is 8.04. The molecule has 17 heavy (non-hydrogen) atoms. The average molecular weight is 234 g/mol. The van der Waals surface area contributed by atoms with E-state index in [4.69, 9.17) is 4.74 Å². The van der Waals surface area contributed by atoms with Crippen molar-refractivity contribution in [3.8, 4) is 5.75 Å². The summed E-state index contributed by atoms with van der Waals surface area (Å²) in [4.78, 5) is 0. The summed E-state index contributed by atoms with van der Waals surface area (Å²) >= 11 is 0. The highest BCUT2D eigenvalue weighted by molar-refractivity contribution is 5.39. The highest BCUT2D eigenvalue weighted by atomic mass is 16.5. The van der Waals surface area contributed by atoms with Crippen LogP contribution in [-0.2, 0) is 6.42 Å². The molecular formula is C15H22O2. The molecule has 1 aromatic carbocycles. The fourth-order valence-corrected chi connectivity index (χ4v) is 2.19.